The van der Waals surface area contributed by atoms with Crippen LogP contribution in [0.25, 0.3) is 0 Å². The van der Waals surface area contributed by atoms with Gasteiger partial charge in [0.1, 0.15) is 24.4 Å². The molecule has 2 heterocycles. The maximum Gasteiger partial charge on any atom is 0.255 e. The van der Waals surface area contributed by atoms with Crippen LogP contribution >= 0.6 is 0 Å². The largest absolute Gasteiger partial charge is 0.491 e. The number of nitrogens with one attached hydrogen (secondary N) is 3. The third-order valence-electron chi connectivity index (χ3n) is 6.06. The van der Waals surface area contributed by atoms with Gasteiger partial charge in [0.15, 0.2) is 0 Å². The number of para-hydroxylation sites is 1. The molecule has 1 aromatic rings. The zero-order chi connectivity index (χ0) is 24.7. The summed E-state index contributed by atoms with van der Waals surface area (Å²) in [5.74, 6) is -1.24. The van der Waals surface area contributed by atoms with Crippen LogP contribution in [0, 0.1) is 0 Å². The molecule has 3 atom stereocenters. The van der Waals surface area contributed by atoms with E-state index < -0.39 is 29.8 Å². The van der Waals surface area contributed by atoms with E-state index in [2.05, 4.69) is 16.0 Å². The first-order valence-electron chi connectivity index (χ1n) is 11.8. The average Bonchev–Trinajstić information content (AvgIpc) is 3.27. The summed E-state index contributed by atoms with van der Waals surface area (Å²) in [6.45, 7) is 3.67. The first-order chi connectivity index (χ1) is 16.3. The number of nitrogens with zero attached hydrogens (tertiary/aromatic N) is 2. The second-order valence-electron chi connectivity index (χ2n) is 9.10. The second-order valence-corrected chi connectivity index (χ2v) is 9.10. The molecule has 4 amide bonds. The monoisotopic (exact) mass is 473 g/mol. The summed E-state index contributed by atoms with van der Waals surface area (Å²) < 4.78 is 5.97. The van der Waals surface area contributed by atoms with Gasteiger partial charge in [-0.1, -0.05) is 12.1 Å². The minimum atomic E-state index is -1.09. The molecular formula is C24H35N5O5. The Balaban J connectivity index is 1.82. The molecular weight excluding hydrogens is 438 g/mol. The van der Waals surface area contributed by atoms with Crippen molar-refractivity contribution >= 4 is 23.6 Å². The number of amides is 4. The lowest BCUT2D eigenvalue weighted by molar-refractivity contribution is -0.137. The average molecular weight is 474 g/mol. The standard InChI is InChI=1S/C24H35N5O5/c1-16-24(33)29-13-6-8-17(29)15-34-20-10-5-4-9-18(20)22(31)27-19(14-21(30)26-16)23(32)25-11-7-12-28(2)3/h4-5,9-10,16-17,19H,6-8,11-15H2,1-3H3,(H,25,32)(H,26,30)(H,27,31)/t16-,17+,19-/m0/s1. The smallest absolute Gasteiger partial charge is 0.255 e. The van der Waals surface area contributed by atoms with Gasteiger partial charge in [-0.15, -0.1) is 0 Å². The third-order valence-corrected chi connectivity index (χ3v) is 6.06. The van der Waals surface area contributed by atoms with Gasteiger partial charge < -0.3 is 30.5 Å². The molecule has 186 valence electrons. The number of fused-ring (bicyclic) bond motifs is 2. The first kappa shape index (κ1) is 25.5. The van der Waals surface area contributed by atoms with Gasteiger partial charge >= 0.3 is 0 Å². The molecule has 2 aliphatic rings. The Morgan fingerprint density at radius 1 is 1.21 bits per heavy atom. The van der Waals surface area contributed by atoms with Crippen LogP contribution in [0.4, 0.5) is 0 Å². The summed E-state index contributed by atoms with van der Waals surface area (Å²) in [6, 6.07) is 4.80. The normalized spacial score (nSPS) is 23.8. The fourth-order valence-electron chi connectivity index (χ4n) is 4.24. The molecule has 1 fully saturated rings. The molecule has 0 unspecified atom stereocenters. The Labute approximate surface area is 200 Å². The lowest BCUT2D eigenvalue weighted by atomic mass is 10.1. The van der Waals surface area contributed by atoms with Crippen LogP contribution in [0.2, 0.25) is 0 Å². The van der Waals surface area contributed by atoms with Gasteiger partial charge in [0.2, 0.25) is 17.7 Å². The van der Waals surface area contributed by atoms with E-state index in [0.29, 0.717) is 18.8 Å². The number of rotatable bonds is 5. The Morgan fingerprint density at radius 2 is 1.97 bits per heavy atom. The van der Waals surface area contributed by atoms with Crippen molar-refractivity contribution in [1.82, 2.24) is 25.8 Å². The van der Waals surface area contributed by atoms with Crippen molar-refractivity contribution in [2.75, 3.05) is 40.3 Å². The quantitative estimate of drug-likeness (QED) is 0.523. The van der Waals surface area contributed by atoms with Crippen molar-refractivity contribution in [3.63, 3.8) is 0 Å². The van der Waals surface area contributed by atoms with Crippen LogP contribution in [0.5, 0.6) is 5.75 Å². The topological polar surface area (TPSA) is 120 Å². The molecule has 1 saturated heterocycles. The van der Waals surface area contributed by atoms with Gasteiger partial charge in [-0.3, -0.25) is 19.2 Å². The van der Waals surface area contributed by atoms with Crippen molar-refractivity contribution in [3.8, 4) is 5.75 Å². The third kappa shape index (κ3) is 6.69. The summed E-state index contributed by atoms with van der Waals surface area (Å²) >= 11 is 0. The van der Waals surface area contributed by atoms with E-state index in [1.807, 2.05) is 19.0 Å². The summed E-state index contributed by atoms with van der Waals surface area (Å²) in [6.07, 6.45) is 2.08. The Morgan fingerprint density at radius 3 is 2.74 bits per heavy atom. The molecule has 10 nitrogen and oxygen atoms in total. The highest BCUT2D eigenvalue weighted by molar-refractivity contribution is 6.01. The Kier molecular flexibility index (Phi) is 8.86. The number of carbonyl (C=O) groups is 4. The number of benzene rings is 1. The second kappa shape index (κ2) is 11.8. The lowest BCUT2D eigenvalue weighted by Crippen LogP contribution is -2.53. The van der Waals surface area contributed by atoms with Gasteiger partial charge in [0, 0.05) is 13.1 Å². The predicted molar refractivity (Wildman–Crippen MR) is 126 cm³/mol. The molecule has 0 radical (unpaired) electrons. The Bertz CT molecular complexity index is 905. The van der Waals surface area contributed by atoms with Crippen molar-refractivity contribution in [2.45, 2.75) is 50.7 Å². The highest BCUT2D eigenvalue weighted by Gasteiger charge is 2.34. The molecule has 0 aromatic heterocycles. The summed E-state index contributed by atoms with van der Waals surface area (Å²) in [7, 11) is 3.88. The fourth-order valence-corrected chi connectivity index (χ4v) is 4.24. The number of carbonyl (C=O) groups excluding carboxylic acids is 4. The fraction of sp³-hybridized carbons (Fsp3) is 0.583. The van der Waals surface area contributed by atoms with E-state index >= 15 is 0 Å². The molecule has 2 aliphatic heterocycles. The highest BCUT2D eigenvalue weighted by Crippen LogP contribution is 2.23. The van der Waals surface area contributed by atoms with Crippen molar-refractivity contribution < 1.29 is 23.9 Å². The van der Waals surface area contributed by atoms with Crippen molar-refractivity contribution in [2.24, 2.45) is 0 Å². The van der Waals surface area contributed by atoms with E-state index in [0.717, 1.165) is 25.8 Å². The highest BCUT2D eigenvalue weighted by atomic mass is 16.5. The molecule has 34 heavy (non-hydrogen) atoms. The van der Waals surface area contributed by atoms with Crippen molar-refractivity contribution in [1.29, 1.82) is 0 Å². The Hall–Kier alpha value is -3.14. The van der Waals surface area contributed by atoms with Crippen LogP contribution in [0.15, 0.2) is 24.3 Å². The number of ether oxygens (including phenoxy) is 1. The predicted octanol–water partition coefficient (Wildman–Crippen LogP) is 0.131. The lowest BCUT2D eigenvalue weighted by Gasteiger charge is -2.29. The molecule has 10 heteroatoms. The molecule has 3 rings (SSSR count). The molecule has 0 bridgehead atoms. The van der Waals surface area contributed by atoms with E-state index in [4.69, 9.17) is 4.74 Å². The van der Waals surface area contributed by atoms with Crippen molar-refractivity contribution in [3.05, 3.63) is 29.8 Å². The van der Waals surface area contributed by atoms with E-state index in [1.54, 1.807) is 36.1 Å². The number of hydrogen-bond acceptors (Lipinski definition) is 6. The maximum atomic E-state index is 13.1. The van der Waals surface area contributed by atoms with E-state index in [1.165, 1.54) is 0 Å². The van der Waals surface area contributed by atoms with Gasteiger partial charge in [0.05, 0.1) is 18.0 Å². The van der Waals surface area contributed by atoms with Crippen LogP contribution < -0.4 is 20.7 Å². The molecule has 0 saturated carbocycles. The summed E-state index contributed by atoms with van der Waals surface area (Å²) in [4.78, 5) is 55.4. The van der Waals surface area contributed by atoms with Gasteiger partial charge in [-0.05, 0) is 59.0 Å². The minimum Gasteiger partial charge on any atom is -0.491 e. The van der Waals surface area contributed by atoms with E-state index in [9.17, 15) is 19.2 Å². The first-order valence-corrected chi connectivity index (χ1v) is 11.8. The zero-order valence-corrected chi connectivity index (χ0v) is 20.1. The van der Waals surface area contributed by atoms with Gasteiger partial charge in [0.25, 0.3) is 5.91 Å². The maximum absolute atomic E-state index is 13.1. The van der Waals surface area contributed by atoms with Crippen LogP contribution in [-0.2, 0) is 14.4 Å². The van der Waals surface area contributed by atoms with E-state index in [-0.39, 0.29) is 30.5 Å². The zero-order valence-electron chi connectivity index (χ0n) is 20.1. The SMILES string of the molecule is C[C@@H]1NC(=O)C[C@@H](C(=O)NCCCN(C)C)NC(=O)c2ccccc2OC[C@H]2CCCN2C1=O. The summed E-state index contributed by atoms with van der Waals surface area (Å²) in [5.41, 5.74) is 0.273. The molecule has 1 aromatic carbocycles. The molecule has 0 spiro atoms. The van der Waals surface area contributed by atoms with Crippen LogP contribution in [0.3, 0.4) is 0 Å². The molecule has 0 aliphatic carbocycles. The van der Waals surface area contributed by atoms with Crippen LogP contribution in [-0.4, -0.2) is 91.9 Å². The van der Waals surface area contributed by atoms with Gasteiger partial charge in [-0.2, -0.15) is 0 Å². The van der Waals surface area contributed by atoms with Crippen LogP contribution in [0.1, 0.15) is 43.0 Å². The summed E-state index contributed by atoms with van der Waals surface area (Å²) in [5, 5.41) is 8.16. The molecule has 3 N–H and O–H groups in total. The van der Waals surface area contributed by atoms with Gasteiger partial charge in [-0.25, -0.2) is 0 Å². The number of hydrogen-bond donors (Lipinski definition) is 3. The minimum absolute atomic E-state index is 0.133.